The molecule has 0 aliphatic heterocycles. The van der Waals surface area contributed by atoms with Gasteiger partial charge < -0.3 is 0 Å². The Balaban J connectivity index is 1.82. The molecule has 0 fully saturated rings. The summed E-state index contributed by atoms with van der Waals surface area (Å²) in [5.41, 5.74) is 3.42. The van der Waals surface area contributed by atoms with Gasteiger partial charge in [-0.15, -0.1) is 11.3 Å². The maximum absolute atomic E-state index is 13.1. The van der Waals surface area contributed by atoms with Crippen molar-refractivity contribution in [1.29, 1.82) is 0 Å². The zero-order valence-electron chi connectivity index (χ0n) is 19.4. The minimum Gasteiger partial charge on any atom is -0.295 e. The second-order valence-electron chi connectivity index (χ2n) is 8.81. The molecule has 0 atom stereocenters. The van der Waals surface area contributed by atoms with E-state index in [1.807, 2.05) is 31.2 Å². The van der Waals surface area contributed by atoms with Crippen molar-refractivity contribution in [3.05, 3.63) is 73.3 Å². The highest BCUT2D eigenvalue weighted by atomic mass is 32.1. The average Bonchev–Trinajstić information content (AvgIpc) is 3.35. The summed E-state index contributed by atoms with van der Waals surface area (Å²) in [6, 6.07) is 11.2. The number of Topliss-reactive ketones (excluding diaryl/α,β-unsaturated/α-hetero) is 2. The van der Waals surface area contributed by atoms with Gasteiger partial charge in [0.05, 0.1) is 21.0 Å². The van der Waals surface area contributed by atoms with Gasteiger partial charge in [0.15, 0.2) is 11.6 Å². The summed E-state index contributed by atoms with van der Waals surface area (Å²) in [7, 11) is 0. The molecule has 32 heavy (non-hydrogen) atoms. The lowest BCUT2D eigenvalue weighted by Crippen LogP contribution is -2.20. The number of aliphatic imine (C=N–C) groups is 1. The zero-order valence-corrected chi connectivity index (χ0v) is 20.2. The number of aromatic nitrogens is 2. The van der Waals surface area contributed by atoms with Gasteiger partial charge >= 0.3 is 0 Å². The molecule has 0 aliphatic rings. The molecule has 1 aromatic carbocycles. The first-order chi connectivity index (χ1) is 15.0. The van der Waals surface area contributed by atoms with E-state index in [1.54, 1.807) is 26.0 Å². The van der Waals surface area contributed by atoms with E-state index < -0.39 is 0 Å². The normalized spacial score (nSPS) is 12.2. The molecule has 3 aromatic rings. The zero-order chi connectivity index (χ0) is 23.6. The molecule has 6 nitrogen and oxygen atoms in total. The summed E-state index contributed by atoms with van der Waals surface area (Å²) in [4.78, 5) is 42.8. The number of nitrogens with zero attached hydrogens (tertiary/aromatic N) is 2. The van der Waals surface area contributed by atoms with Crippen molar-refractivity contribution in [3.63, 3.8) is 0 Å². The first-order valence-electron chi connectivity index (χ1n) is 10.6. The van der Waals surface area contributed by atoms with Crippen molar-refractivity contribution in [2.24, 2.45) is 4.99 Å². The van der Waals surface area contributed by atoms with Crippen LogP contribution in [0.5, 0.6) is 0 Å². The number of hydrogen-bond acceptors (Lipinski definition) is 5. The topological polar surface area (TPSA) is 84.3 Å². The maximum Gasteiger partial charge on any atom is 0.280 e. The highest BCUT2D eigenvalue weighted by molar-refractivity contribution is 7.16. The number of benzene rings is 1. The molecule has 0 amide bonds. The molecule has 3 rings (SSSR count). The predicted octanol–water partition coefficient (Wildman–Crippen LogP) is 5.12. The standard InChI is InChI=1S/C25H29N3O3S/c1-7-19(29)21-12-13-22(32-21)20(30)14-26-15(2)23-16(3)27-28(24(23)31)18-10-8-17(9-11-18)25(4,5)6/h8-13,27H,7,14H2,1-6H3. The molecule has 2 aromatic heterocycles. The number of H-pyrrole nitrogens is 1. The van der Waals surface area contributed by atoms with Gasteiger partial charge in [-0.25, -0.2) is 4.68 Å². The number of aromatic amines is 1. The largest absolute Gasteiger partial charge is 0.295 e. The van der Waals surface area contributed by atoms with E-state index in [1.165, 1.54) is 21.6 Å². The summed E-state index contributed by atoms with van der Waals surface area (Å²) >= 11 is 1.19. The van der Waals surface area contributed by atoms with Gasteiger partial charge in [-0.05, 0) is 49.1 Å². The second kappa shape index (κ2) is 9.20. The molecule has 0 aliphatic carbocycles. The summed E-state index contributed by atoms with van der Waals surface area (Å²) in [6.45, 7) is 11.7. The fourth-order valence-electron chi connectivity index (χ4n) is 3.42. The quantitative estimate of drug-likeness (QED) is 0.400. The summed E-state index contributed by atoms with van der Waals surface area (Å²) in [6.07, 6.45) is 0.406. The van der Waals surface area contributed by atoms with Crippen molar-refractivity contribution in [3.8, 4) is 5.69 Å². The Labute approximate surface area is 192 Å². The Morgan fingerprint density at radius 3 is 2.19 bits per heavy atom. The van der Waals surface area contributed by atoms with Crippen molar-refractivity contribution in [2.45, 2.75) is 53.4 Å². The van der Waals surface area contributed by atoms with Crippen LogP contribution in [0.3, 0.4) is 0 Å². The predicted molar refractivity (Wildman–Crippen MR) is 130 cm³/mol. The second-order valence-corrected chi connectivity index (χ2v) is 9.90. The molecular weight excluding hydrogens is 422 g/mol. The van der Waals surface area contributed by atoms with Gasteiger partial charge in [-0.1, -0.05) is 39.8 Å². The number of thiophene rings is 1. The molecule has 2 heterocycles. The van der Waals surface area contributed by atoms with Gasteiger partial charge in [0.25, 0.3) is 5.56 Å². The Bertz CT molecular complexity index is 1230. The SMILES string of the molecule is CCC(=O)c1ccc(C(=O)CN=C(C)c2c(C)[nH]n(-c3ccc(C(C)(C)C)cc3)c2=O)s1. The Morgan fingerprint density at radius 1 is 1.03 bits per heavy atom. The molecule has 0 bridgehead atoms. The van der Waals surface area contributed by atoms with Crippen LogP contribution >= 0.6 is 11.3 Å². The van der Waals surface area contributed by atoms with Gasteiger partial charge in [0, 0.05) is 17.8 Å². The van der Waals surface area contributed by atoms with Crippen LogP contribution in [-0.2, 0) is 5.41 Å². The number of ketones is 2. The third kappa shape index (κ3) is 4.88. The number of carbonyl (C=O) groups excluding carboxylic acids is 2. The van der Waals surface area contributed by atoms with Crippen molar-refractivity contribution in [2.75, 3.05) is 6.54 Å². The van der Waals surface area contributed by atoms with Crippen LogP contribution in [0.25, 0.3) is 5.69 Å². The van der Waals surface area contributed by atoms with E-state index in [2.05, 4.69) is 30.9 Å². The van der Waals surface area contributed by atoms with Gasteiger partial charge in [0.2, 0.25) is 0 Å². The Kier molecular flexibility index (Phi) is 6.79. The lowest BCUT2D eigenvalue weighted by molar-refractivity contribution is 0.0989. The van der Waals surface area contributed by atoms with Crippen LogP contribution in [-0.4, -0.2) is 33.6 Å². The number of carbonyl (C=O) groups is 2. The average molecular weight is 452 g/mol. The molecular formula is C25H29N3O3S. The van der Waals surface area contributed by atoms with E-state index in [0.717, 1.165) is 5.69 Å². The molecule has 0 saturated heterocycles. The summed E-state index contributed by atoms with van der Waals surface area (Å²) in [5.74, 6) is -0.149. The summed E-state index contributed by atoms with van der Waals surface area (Å²) in [5, 5.41) is 3.11. The van der Waals surface area contributed by atoms with Crippen LogP contribution in [0.15, 0.2) is 46.2 Å². The van der Waals surface area contributed by atoms with Gasteiger partial charge in [0.1, 0.15) is 6.54 Å². The molecule has 0 unspecified atom stereocenters. The lowest BCUT2D eigenvalue weighted by Gasteiger charge is -2.19. The van der Waals surface area contributed by atoms with Crippen molar-refractivity contribution >= 4 is 28.6 Å². The fourth-order valence-corrected chi connectivity index (χ4v) is 4.37. The smallest absolute Gasteiger partial charge is 0.280 e. The van der Waals surface area contributed by atoms with E-state index in [0.29, 0.717) is 33.1 Å². The molecule has 0 radical (unpaired) electrons. The highest BCUT2D eigenvalue weighted by Gasteiger charge is 2.18. The molecule has 7 heteroatoms. The van der Waals surface area contributed by atoms with Crippen LogP contribution in [0.2, 0.25) is 0 Å². The molecule has 0 spiro atoms. The Morgan fingerprint density at radius 2 is 1.62 bits per heavy atom. The van der Waals surface area contributed by atoms with Crippen LogP contribution in [0.4, 0.5) is 0 Å². The lowest BCUT2D eigenvalue weighted by atomic mass is 9.87. The molecule has 168 valence electrons. The highest BCUT2D eigenvalue weighted by Crippen LogP contribution is 2.23. The van der Waals surface area contributed by atoms with Crippen LogP contribution in [0.1, 0.15) is 77.2 Å². The third-order valence-electron chi connectivity index (χ3n) is 5.36. The summed E-state index contributed by atoms with van der Waals surface area (Å²) < 4.78 is 1.50. The first kappa shape index (κ1) is 23.6. The number of rotatable bonds is 7. The van der Waals surface area contributed by atoms with E-state index in [9.17, 15) is 14.4 Å². The van der Waals surface area contributed by atoms with Crippen molar-refractivity contribution in [1.82, 2.24) is 9.78 Å². The number of nitrogens with one attached hydrogen (secondary N) is 1. The maximum atomic E-state index is 13.1. The van der Waals surface area contributed by atoms with Gasteiger partial charge in [-0.3, -0.25) is 24.5 Å². The van der Waals surface area contributed by atoms with E-state index in [4.69, 9.17) is 0 Å². The van der Waals surface area contributed by atoms with Crippen LogP contribution in [0, 0.1) is 6.92 Å². The Hall–Kier alpha value is -3.06. The van der Waals surface area contributed by atoms with Crippen LogP contribution < -0.4 is 5.56 Å². The number of aryl methyl sites for hydroxylation is 1. The van der Waals surface area contributed by atoms with E-state index in [-0.39, 0.29) is 29.1 Å². The van der Waals surface area contributed by atoms with E-state index >= 15 is 0 Å². The van der Waals surface area contributed by atoms with Crippen molar-refractivity contribution < 1.29 is 9.59 Å². The monoisotopic (exact) mass is 451 g/mol. The fraction of sp³-hybridized carbons (Fsp3) is 0.360. The minimum atomic E-state index is -0.202. The van der Waals surface area contributed by atoms with Gasteiger partial charge in [-0.2, -0.15) is 0 Å². The number of hydrogen-bond donors (Lipinski definition) is 1. The minimum absolute atomic E-state index is 0.0211. The first-order valence-corrected chi connectivity index (χ1v) is 11.4. The molecule has 0 saturated carbocycles. The molecule has 1 N–H and O–H groups in total. The third-order valence-corrected chi connectivity index (χ3v) is 6.53.